The Labute approximate surface area is 100 Å². The van der Waals surface area contributed by atoms with Crippen LogP contribution in [0.4, 0.5) is 0 Å². The maximum Gasteiger partial charge on any atom is 0.320 e. The first-order valence-electron chi connectivity index (χ1n) is 5.41. The maximum atomic E-state index is 10.6. The molecule has 0 radical (unpaired) electrons. The van der Waals surface area contributed by atoms with E-state index in [0.29, 0.717) is 12.4 Å². The third kappa shape index (κ3) is 4.97. The molecule has 6 nitrogen and oxygen atoms in total. The van der Waals surface area contributed by atoms with Crippen molar-refractivity contribution >= 4 is 5.97 Å². The molecule has 6 heteroatoms. The number of hydrogen-bond acceptors (Lipinski definition) is 4. The van der Waals surface area contributed by atoms with Crippen LogP contribution in [0.1, 0.15) is 26.5 Å². The van der Waals surface area contributed by atoms with Crippen molar-refractivity contribution in [2.45, 2.75) is 45.6 Å². The average Bonchev–Trinajstić information content (AvgIpc) is 2.61. The van der Waals surface area contributed by atoms with E-state index >= 15 is 0 Å². The molecule has 0 aromatic carbocycles. The standard InChI is InChI=1S/C11H19N3O3/c1-11(2,3)17-7-14-5-8(13-6-14)4-9(12)10(15)16/h5-6,9H,4,7,12H2,1-3H3,(H,15,16)/t9-/m0/s1. The van der Waals surface area contributed by atoms with E-state index < -0.39 is 12.0 Å². The molecular formula is C11H19N3O3. The first-order chi connectivity index (χ1) is 7.78. The van der Waals surface area contributed by atoms with Crippen LogP contribution in [-0.4, -0.2) is 32.3 Å². The first-order valence-corrected chi connectivity index (χ1v) is 5.41. The summed E-state index contributed by atoms with van der Waals surface area (Å²) in [4.78, 5) is 14.7. The van der Waals surface area contributed by atoms with Crippen LogP contribution < -0.4 is 5.73 Å². The monoisotopic (exact) mass is 241 g/mol. The highest BCUT2D eigenvalue weighted by Gasteiger charge is 2.14. The molecular weight excluding hydrogens is 222 g/mol. The molecule has 17 heavy (non-hydrogen) atoms. The molecule has 1 aromatic heterocycles. The van der Waals surface area contributed by atoms with Crippen molar-refractivity contribution in [3.05, 3.63) is 18.2 Å². The van der Waals surface area contributed by atoms with Crippen LogP contribution in [-0.2, 0) is 22.7 Å². The summed E-state index contributed by atoms with van der Waals surface area (Å²) < 4.78 is 7.32. The van der Waals surface area contributed by atoms with Gasteiger partial charge in [-0.1, -0.05) is 0 Å². The van der Waals surface area contributed by atoms with Crippen molar-refractivity contribution in [1.29, 1.82) is 0 Å². The van der Waals surface area contributed by atoms with Gasteiger partial charge in [-0.25, -0.2) is 4.98 Å². The number of nitrogens with zero attached hydrogens (tertiary/aromatic N) is 2. The summed E-state index contributed by atoms with van der Waals surface area (Å²) in [6, 6.07) is -0.915. The molecule has 0 saturated carbocycles. The molecule has 1 atom stereocenters. The third-order valence-corrected chi connectivity index (χ3v) is 2.08. The Kier molecular flexibility index (Phi) is 4.25. The van der Waals surface area contributed by atoms with Gasteiger partial charge in [0.1, 0.15) is 12.8 Å². The highest BCUT2D eigenvalue weighted by molar-refractivity contribution is 5.73. The molecule has 0 bridgehead atoms. The number of ether oxygens (including phenoxy) is 1. The van der Waals surface area contributed by atoms with Gasteiger partial charge in [0.25, 0.3) is 0 Å². The van der Waals surface area contributed by atoms with Crippen LogP contribution in [0, 0.1) is 0 Å². The molecule has 0 saturated heterocycles. The summed E-state index contributed by atoms with van der Waals surface area (Å²) in [5.74, 6) is -1.02. The van der Waals surface area contributed by atoms with E-state index in [1.807, 2.05) is 20.8 Å². The largest absolute Gasteiger partial charge is 0.480 e. The normalized spacial score (nSPS) is 13.6. The lowest BCUT2D eigenvalue weighted by Gasteiger charge is -2.19. The molecule has 0 amide bonds. The van der Waals surface area contributed by atoms with Crippen LogP contribution in [0.15, 0.2) is 12.5 Å². The first kappa shape index (κ1) is 13.7. The van der Waals surface area contributed by atoms with E-state index in [-0.39, 0.29) is 12.0 Å². The van der Waals surface area contributed by atoms with E-state index in [0.717, 1.165) is 0 Å². The number of rotatable bonds is 5. The number of carbonyl (C=O) groups is 1. The van der Waals surface area contributed by atoms with Gasteiger partial charge in [0, 0.05) is 12.6 Å². The molecule has 0 unspecified atom stereocenters. The quantitative estimate of drug-likeness (QED) is 0.788. The molecule has 0 spiro atoms. The highest BCUT2D eigenvalue weighted by Crippen LogP contribution is 2.08. The summed E-state index contributed by atoms with van der Waals surface area (Å²) in [6.45, 7) is 6.28. The highest BCUT2D eigenvalue weighted by atomic mass is 16.5. The Morgan fingerprint density at radius 3 is 2.82 bits per heavy atom. The second-order valence-corrected chi connectivity index (χ2v) is 4.91. The van der Waals surface area contributed by atoms with Crippen molar-refractivity contribution in [1.82, 2.24) is 9.55 Å². The number of imidazole rings is 1. The second-order valence-electron chi connectivity index (χ2n) is 4.91. The van der Waals surface area contributed by atoms with E-state index in [2.05, 4.69) is 4.98 Å². The molecule has 3 N–H and O–H groups in total. The van der Waals surface area contributed by atoms with Crippen molar-refractivity contribution in [2.75, 3.05) is 0 Å². The van der Waals surface area contributed by atoms with Gasteiger partial charge >= 0.3 is 5.97 Å². The zero-order valence-corrected chi connectivity index (χ0v) is 10.4. The third-order valence-electron chi connectivity index (χ3n) is 2.08. The Hall–Kier alpha value is -1.40. The number of carboxylic acid groups (broad SMARTS) is 1. The second kappa shape index (κ2) is 5.29. The number of aromatic nitrogens is 2. The SMILES string of the molecule is CC(C)(C)OCn1cnc(C[C@H](N)C(=O)O)c1. The fraction of sp³-hybridized carbons (Fsp3) is 0.636. The van der Waals surface area contributed by atoms with E-state index in [9.17, 15) is 4.79 Å². The van der Waals surface area contributed by atoms with Crippen molar-refractivity contribution in [2.24, 2.45) is 5.73 Å². The number of nitrogens with two attached hydrogens (primary N) is 1. The fourth-order valence-corrected chi connectivity index (χ4v) is 1.16. The van der Waals surface area contributed by atoms with Gasteiger partial charge < -0.3 is 20.1 Å². The lowest BCUT2D eigenvalue weighted by Crippen LogP contribution is -2.32. The van der Waals surface area contributed by atoms with Crippen molar-refractivity contribution in [3.63, 3.8) is 0 Å². The molecule has 0 fully saturated rings. The van der Waals surface area contributed by atoms with Gasteiger partial charge in [-0.05, 0) is 20.8 Å². The van der Waals surface area contributed by atoms with Gasteiger partial charge in [-0.2, -0.15) is 0 Å². The summed E-state index contributed by atoms with van der Waals surface area (Å²) in [5, 5.41) is 8.68. The Balaban J connectivity index is 2.51. The smallest absolute Gasteiger partial charge is 0.320 e. The van der Waals surface area contributed by atoms with Crippen LogP contribution in [0.5, 0.6) is 0 Å². The lowest BCUT2D eigenvalue weighted by atomic mass is 10.2. The van der Waals surface area contributed by atoms with E-state index in [1.54, 1.807) is 17.1 Å². The Bertz CT molecular complexity index is 382. The summed E-state index contributed by atoms with van der Waals surface area (Å²) in [7, 11) is 0. The number of hydrogen-bond donors (Lipinski definition) is 2. The zero-order chi connectivity index (χ0) is 13.1. The van der Waals surface area contributed by atoms with Crippen molar-refractivity contribution in [3.8, 4) is 0 Å². The maximum absolute atomic E-state index is 10.6. The molecule has 1 aromatic rings. The minimum atomic E-state index is -1.02. The van der Waals surface area contributed by atoms with Crippen LogP contribution in [0.3, 0.4) is 0 Å². The van der Waals surface area contributed by atoms with Gasteiger partial charge in [0.2, 0.25) is 0 Å². The molecule has 0 aliphatic heterocycles. The zero-order valence-electron chi connectivity index (χ0n) is 10.4. The number of aliphatic carboxylic acids is 1. The average molecular weight is 241 g/mol. The van der Waals surface area contributed by atoms with Gasteiger partial charge in [-0.3, -0.25) is 4.79 Å². The predicted octanol–water partition coefficient (Wildman–Crippen LogP) is 0.610. The molecule has 1 heterocycles. The van der Waals surface area contributed by atoms with Gasteiger partial charge in [0.15, 0.2) is 0 Å². The summed E-state index contributed by atoms with van der Waals surface area (Å²) >= 11 is 0. The van der Waals surface area contributed by atoms with Crippen LogP contribution in [0.2, 0.25) is 0 Å². The van der Waals surface area contributed by atoms with E-state index in [4.69, 9.17) is 15.6 Å². The van der Waals surface area contributed by atoms with Crippen molar-refractivity contribution < 1.29 is 14.6 Å². The van der Waals surface area contributed by atoms with E-state index in [1.165, 1.54) is 0 Å². The van der Waals surface area contributed by atoms with Crippen LogP contribution >= 0.6 is 0 Å². The summed E-state index contributed by atoms with van der Waals surface area (Å²) in [6.07, 6.45) is 3.57. The van der Waals surface area contributed by atoms with Gasteiger partial charge in [0.05, 0.1) is 17.6 Å². The Morgan fingerprint density at radius 1 is 1.65 bits per heavy atom. The molecule has 96 valence electrons. The topological polar surface area (TPSA) is 90.4 Å². The fourth-order valence-electron chi connectivity index (χ4n) is 1.16. The predicted molar refractivity (Wildman–Crippen MR) is 62.4 cm³/mol. The molecule has 0 aliphatic rings. The molecule has 0 aliphatic carbocycles. The van der Waals surface area contributed by atoms with Gasteiger partial charge in [-0.15, -0.1) is 0 Å². The Morgan fingerprint density at radius 2 is 2.29 bits per heavy atom. The van der Waals surface area contributed by atoms with Crippen LogP contribution in [0.25, 0.3) is 0 Å². The summed E-state index contributed by atoms with van der Waals surface area (Å²) in [5.41, 5.74) is 5.85. The lowest BCUT2D eigenvalue weighted by molar-refractivity contribution is -0.138. The minimum Gasteiger partial charge on any atom is -0.480 e. The molecule has 1 rings (SSSR count). The minimum absolute atomic E-state index is 0.220. The number of carboxylic acids is 1.